The first-order valence-electron chi connectivity index (χ1n) is 5.08. The molecule has 0 aromatic carbocycles. The third-order valence-electron chi connectivity index (χ3n) is 2.39. The maximum atomic E-state index is 11.6. The second-order valence-corrected chi connectivity index (χ2v) is 3.61. The molecule has 0 saturated carbocycles. The minimum atomic E-state index is -0.418. The first-order valence-corrected chi connectivity index (χ1v) is 5.08. The van der Waals surface area contributed by atoms with Crippen LogP contribution in [-0.4, -0.2) is 29.5 Å². The van der Waals surface area contributed by atoms with Crippen LogP contribution in [0, 0.1) is 0 Å². The van der Waals surface area contributed by atoms with Gasteiger partial charge in [0.05, 0.1) is 0 Å². The fourth-order valence-corrected chi connectivity index (χ4v) is 1.69. The van der Waals surface area contributed by atoms with Crippen molar-refractivity contribution in [3.05, 3.63) is 0 Å². The topological polar surface area (TPSA) is 46.6 Å². The van der Waals surface area contributed by atoms with E-state index in [1.165, 1.54) is 6.92 Å². The van der Waals surface area contributed by atoms with Gasteiger partial charge in [-0.2, -0.15) is 0 Å². The molecule has 1 amide bonds. The van der Waals surface area contributed by atoms with Crippen LogP contribution in [-0.2, 0) is 14.3 Å². The van der Waals surface area contributed by atoms with Gasteiger partial charge in [-0.25, -0.2) is 0 Å². The zero-order valence-corrected chi connectivity index (χ0v) is 8.78. The molecule has 1 aliphatic heterocycles. The van der Waals surface area contributed by atoms with Gasteiger partial charge >= 0.3 is 5.97 Å². The van der Waals surface area contributed by atoms with E-state index in [4.69, 9.17) is 4.74 Å². The smallest absolute Gasteiger partial charge is 0.304 e. The van der Waals surface area contributed by atoms with Gasteiger partial charge in [0.1, 0.15) is 0 Å². The zero-order valence-electron chi connectivity index (χ0n) is 8.78. The number of carbonyl (C=O) groups is 2. The average molecular weight is 199 g/mol. The number of hydrogen-bond donors (Lipinski definition) is 0. The van der Waals surface area contributed by atoms with Crippen LogP contribution >= 0.6 is 0 Å². The van der Waals surface area contributed by atoms with Crippen LogP contribution in [0.2, 0.25) is 0 Å². The Bertz CT molecular complexity index is 227. The van der Waals surface area contributed by atoms with E-state index in [0.29, 0.717) is 13.0 Å². The Labute approximate surface area is 84.2 Å². The first kappa shape index (κ1) is 11.0. The van der Waals surface area contributed by atoms with Crippen molar-refractivity contribution in [3.8, 4) is 0 Å². The molecule has 0 spiro atoms. The van der Waals surface area contributed by atoms with E-state index in [9.17, 15) is 9.59 Å². The predicted octanol–water partition coefficient (Wildman–Crippen LogP) is 1.30. The standard InChI is InChI=1S/C10H17NO3/c1-8(14-9(2)12)11-7-5-3-4-6-10(11)13/h8H,3-7H2,1-2H3. The highest BCUT2D eigenvalue weighted by Crippen LogP contribution is 2.14. The van der Waals surface area contributed by atoms with E-state index in [2.05, 4.69) is 0 Å². The van der Waals surface area contributed by atoms with Gasteiger partial charge in [0, 0.05) is 19.9 Å². The van der Waals surface area contributed by atoms with E-state index in [-0.39, 0.29) is 11.9 Å². The van der Waals surface area contributed by atoms with Crippen LogP contribution < -0.4 is 0 Å². The van der Waals surface area contributed by atoms with Crippen molar-refractivity contribution in [2.75, 3.05) is 6.54 Å². The molecule has 1 rings (SSSR count). The summed E-state index contributed by atoms with van der Waals surface area (Å²) in [5.74, 6) is -0.245. The average Bonchev–Trinajstić information content (AvgIpc) is 2.28. The fraction of sp³-hybridized carbons (Fsp3) is 0.800. The SMILES string of the molecule is CC(=O)OC(C)N1CCCCCC1=O. The molecule has 0 N–H and O–H groups in total. The third-order valence-corrected chi connectivity index (χ3v) is 2.39. The molecule has 14 heavy (non-hydrogen) atoms. The summed E-state index contributed by atoms with van der Waals surface area (Å²) in [6, 6.07) is 0. The van der Waals surface area contributed by atoms with Gasteiger partial charge < -0.3 is 9.64 Å². The molecule has 4 nitrogen and oxygen atoms in total. The number of ether oxygens (including phenoxy) is 1. The number of amides is 1. The molecule has 1 atom stereocenters. The summed E-state index contributed by atoms with van der Waals surface area (Å²) < 4.78 is 4.98. The Kier molecular flexibility index (Phi) is 3.92. The first-order chi connectivity index (χ1) is 6.61. The van der Waals surface area contributed by atoms with E-state index < -0.39 is 6.23 Å². The van der Waals surface area contributed by atoms with Crippen LogP contribution in [0.3, 0.4) is 0 Å². The van der Waals surface area contributed by atoms with Crippen molar-refractivity contribution in [3.63, 3.8) is 0 Å². The van der Waals surface area contributed by atoms with Gasteiger partial charge in [0.15, 0.2) is 6.23 Å². The second kappa shape index (κ2) is 4.98. The largest absolute Gasteiger partial charge is 0.442 e. The Hall–Kier alpha value is -1.06. The van der Waals surface area contributed by atoms with Crippen LogP contribution in [0.5, 0.6) is 0 Å². The summed E-state index contributed by atoms with van der Waals surface area (Å²) in [4.78, 5) is 23.9. The Morgan fingerprint density at radius 1 is 1.43 bits per heavy atom. The highest BCUT2D eigenvalue weighted by Gasteiger charge is 2.23. The van der Waals surface area contributed by atoms with Crippen molar-refractivity contribution in [2.45, 2.75) is 45.8 Å². The lowest BCUT2D eigenvalue weighted by Crippen LogP contribution is -2.40. The highest BCUT2D eigenvalue weighted by atomic mass is 16.6. The van der Waals surface area contributed by atoms with Crippen molar-refractivity contribution in [1.29, 1.82) is 0 Å². The van der Waals surface area contributed by atoms with Gasteiger partial charge in [-0.3, -0.25) is 9.59 Å². The Morgan fingerprint density at radius 2 is 2.14 bits per heavy atom. The summed E-state index contributed by atoms with van der Waals surface area (Å²) in [5, 5.41) is 0. The van der Waals surface area contributed by atoms with Crippen molar-refractivity contribution < 1.29 is 14.3 Å². The molecule has 1 saturated heterocycles. The monoisotopic (exact) mass is 199 g/mol. The number of nitrogens with zero attached hydrogens (tertiary/aromatic N) is 1. The molecule has 0 bridgehead atoms. The molecule has 1 unspecified atom stereocenters. The third kappa shape index (κ3) is 3.01. The molecule has 1 heterocycles. The zero-order chi connectivity index (χ0) is 10.6. The van der Waals surface area contributed by atoms with Crippen molar-refractivity contribution in [2.24, 2.45) is 0 Å². The summed E-state index contributed by atoms with van der Waals surface area (Å²) in [6.45, 7) is 3.80. The Morgan fingerprint density at radius 3 is 2.79 bits per heavy atom. The van der Waals surface area contributed by atoms with E-state index >= 15 is 0 Å². The van der Waals surface area contributed by atoms with Crippen LogP contribution in [0.15, 0.2) is 0 Å². The van der Waals surface area contributed by atoms with E-state index in [1.807, 2.05) is 0 Å². The maximum absolute atomic E-state index is 11.6. The quantitative estimate of drug-likeness (QED) is 0.630. The van der Waals surface area contributed by atoms with Gasteiger partial charge in [-0.15, -0.1) is 0 Å². The summed E-state index contributed by atoms with van der Waals surface area (Å²) in [5.41, 5.74) is 0. The molecule has 1 fully saturated rings. The van der Waals surface area contributed by atoms with E-state index in [1.54, 1.807) is 11.8 Å². The summed E-state index contributed by atoms with van der Waals surface area (Å²) >= 11 is 0. The molecular formula is C10H17NO3. The molecule has 80 valence electrons. The molecule has 0 radical (unpaired) electrons. The van der Waals surface area contributed by atoms with Crippen molar-refractivity contribution in [1.82, 2.24) is 4.90 Å². The normalized spacial score (nSPS) is 20.1. The van der Waals surface area contributed by atoms with Crippen LogP contribution in [0.25, 0.3) is 0 Å². The molecule has 4 heteroatoms. The van der Waals surface area contributed by atoms with Gasteiger partial charge in [-0.05, 0) is 19.8 Å². The minimum absolute atomic E-state index is 0.0938. The van der Waals surface area contributed by atoms with E-state index in [0.717, 1.165) is 19.3 Å². The van der Waals surface area contributed by atoms with Gasteiger partial charge in [0.25, 0.3) is 0 Å². The number of carbonyl (C=O) groups excluding carboxylic acids is 2. The minimum Gasteiger partial charge on any atom is -0.442 e. The number of hydrogen-bond acceptors (Lipinski definition) is 3. The van der Waals surface area contributed by atoms with Gasteiger partial charge in [0.2, 0.25) is 5.91 Å². The number of likely N-dealkylation sites (tertiary alicyclic amines) is 1. The lowest BCUT2D eigenvalue weighted by Gasteiger charge is -2.26. The molecule has 0 aliphatic carbocycles. The van der Waals surface area contributed by atoms with Crippen molar-refractivity contribution >= 4 is 11.9 Å². The lowest BCUT2D eigenvalue weighted by atomic mass is 10.2. The number of esters is 1. The van der Waals surface area contributed by atoms with Gasteiger partial charge in [-0.1, -0.05) is 6.42 Å². The number of rotatable bonds is 2. The Balaban J connectivity index is 2.54. The molecule has 0 aromatic heterocycles. The van der Waals surface area contributed by atoms with Crippen LogP contribution in [0.1, 0.15) is 39.5 Å². The van der Waals surface area contributed by atoms with Crippen LogP contribution in [0.4, 0.5) is 0 Å². The second-order valence-electron chi connectivity index (χ2n) is 3.61. The lowest BCUT2D eigenvalue weighted by molar-refractivity contribution is -0.160. The molecule has 1 aliphatic rings. The maximum Gasteiger partial charge on any atom is 0.304 e. The summed E-state index contributed by atoms with van der Waals surface area (Å²) in [6.07, 6.45) is 3.18. The predicted molar refractivity (Wildman–Crippen MR) is 51.4 cm³/mol. The molecular weight excluding hydrogens is 182 g/mol. The molecule has 0 aromatic rings. The summed E-state index contributed by atoms with van der Waals surface area (Å²) in [7, 11) is 0. The highest BCUT2D eigenvalue weighted by molar-refractivity contribution is 5.77. The fourth-order valence-electron chi connectivity index (χ4n) is 1.69.